The lowest BCUT2D eigenvalue weighted by Crippen LogP contribution is -2.28. The highest BCUT2D eigenvalue weighted by Gasteiger charge is 2.36. The van der Waals surface area contributed by atoms with Gasteiger partial charge in [0.1, 0.15) is 5.00 Å². The molecule has 1 atom stereocenters. The van der Waals surface area contributed by atoms with E-state index in [2.05, 4.69) is 30.8 Å². The molecule has 1 heterocycles. The largest absolute Gasteiger partial charge is 0.462 e. The van der Waals surface area contributed by atoms with Gasteiger partial charge in [-0.15, -0.1) is 11.3 Å². The minimum Gasteiger partial charge on any atom is -0.462 e. The van der Waals surface area contributed by atoms with Gasteiger partial charge in [0, 0.05) is 4.88 Å². The maximum atomic E-state index is 12.5. The van der Waals surface area contributed by atoms with Crippen LogP contribution in [-0.2, 0) is 31.9 Å². The van der Waals surface area contributed by atoms with Crippen molar-refractivity contribution in [1.29, 1.82) is 0 Å². The molecule has 0 saturated carbocycles. The number of hydrogen-bond acceptors (Lipinski definition) is 6. The second-order valence-corrected chi connectivity index (χ2v) is 8.26. The molecule has 0 aliphatic heterocycles. The summed E-state index contributed by atoms with van der Waals surface area (Å²) in [6.45, 7) is 8.71. The minimum atomic E-state index is -0.990. The van der Waals surface area contributed by atoms with Crippen molar-refractivity contribution in [2.45, 2.75) is 53.4 Å². The van der Waals surface area contributed by atoms with Crippen molar-refractivity contribution in [3.63, 3.8) is 0 Å². The number of esters is 2. The summed E-state index contributed by atoms with van der Waals surface area (Å²) in [4.78, 5) is 36.9. The normalized spacial score (nSPS) is 16.6. The van der Waals surface area contributed by atoms with Crippen LogP contribution in [0.3, 0.4) is 0 Å². The molecule has 0 aromatic carbocycles. The van der Waals surface area contributed by atoms with Crippen LogP contribution in [0.5, 0.6) is 0 Å². The van der Waals surface area contributed by atoms with Gasteiger partial charge in [-0.05, 0) is 43.1 Å². The van der Waals surface area contributed by atoms with E-state index in [9.17, 15) is 14.4 Å². The van der Waals surface area contributed by atoms with Gasteiger partial charge in [-0.2, -0.15) is 0 Å². The Bertz CT molecular complexity index is 707. The molecular formula is C19H27NO5S. The monoisotopic (exact) mass is 381 g/mol. The summed E-state index contributed by atoms with van der Waals surface area (Å²) in [5.41, 5.74) is 1.54. The Balaban J connectivity index is 2.39. The Labute approximate surface area is 158 Å². The summed E-state index contributed by atoms with van der Waals surface area (Å²) in [6.07, 6.45) is 3.69. The van der Waals surface area contributed by atoms with Crippen molar-refractivity contribution in [2.75, 3.05) is 19.0 Å². The van der Waals surface area contributed by atoms with Crippen LogP contribution in [0.25, 0.3) is 0 Å². The van der Waals surface area contributed by atoms with Gasteiger partial charge < -0.3 is 14.8 Å². The molecule has 1 amide bonds. The lowest BCUT2D eigenvalue weighted by atomic mass is 9.69. The molecule has 1 N–H and O–H groups in total. The van der Waals surface area contributed by atoms with Crippen LogP contribution in [-0.4, -0.2) is 31.6 Å². The summed E-state index contributed by atoms with van der Waals surface area (Å²) >= 11 is 1.36. The Hall–Kier alpha value is -1.89. The number of thiophene rings is 1. The number of carbonyl (C=O) groups is 3. The predicted molar refractivity (Wildman–Crippen MR) is 101 cm³/mol. The van der Waals surface area contributed by atoms with Crippen LogP contribution < -0.4 is 5.32 Å². The van der Waals surface area contributed by atoms with Crippen molar-refractivity contribution in [3.8, 4) is 0 Å². The first-order chi connectivity index (χ1) is 12.2. The third-order valence-corrected chi connectivity index (χ3v) is 6.53. The van der Waals surface area contributed by atoms with Gasteiger partial charge in [-0.1, -0.05) is 27.2 Å². The zero-order chi connectivity index (χ0) is 19.5. The maximum Gasteiger partial charge on any atom is 0.396 e. The summed E-state index contributed by atoms with van der Waals surface area (Å²) in [5.74, 6) is -1.82. The molecule has 0 radical (unpaired) electrons. The first kappa shape index (κ1) is 20.4. The van der Waals surface area contributed by atoms with Crippen molar-refractivity contribution in [1.82, 2.24) is 0 Å². The number of hydrogen-bond donors (Lipinski definition) is 1. The molecule has 1 aliphatic carbocycles. The van der Waals surface area contributed by atoms with Gasteiger partial charge >= 0.3 is 17.8 Å². The van der Waals surface area contributed by atoms with E-state index in [4.69, 9.17) is 4.74 Å². The van der Waals surface area contributed by atoms with E-state index in [0.29, 0.717) is 16.5 Å². The van der Waals surface area contributed by atoms with E-state index in [1.54, 1.807) is 6.92 Å². The van der Waals surface area contributed by atoms with Crippen molar-refractivity contribution in [2.24, 2.45) is 11.3 Å². The zero-order valence-corrected chi connectivity index (χ0v) is 16.9. The van der Waals surface area contributed by atoms with Crippen LogP contribution in [0.4, 0.5) is 5.00 Å². The van der Waals surface area contributed by atoms with E-state index in [1.165, 1.54) is 11.3 Å². The standard InChI is InChI=1S/C19H27NO5S/c1-6-19(3,4)11-8-9-12-13(10-11)26-16(14(12)17(22)25-7-2)20-15(21)18(23)24-5/h11H,6-10H2,1-5H3,(H,20,21). The molecule has 0 spiro atoms. The van der Waals surface area contributed by atoms with E-state index >= 15 is 0 Å². The summed E-state index contributed by atoms with van der Waals surface area (Å²) < 4.78 is 9.62. The van der Waals surface area contributed by atoms with Crippen LogP contribution in [0.2, 0.25) is 0 Å². The second kappa shape index (κ2) is 8.20. The quantitative estimate of drug-likeness (QED) is 0.623. The van der Waals surface area contributed by atoms with E-state index in [1.807, 2.05) is 0 Å². The molecular weight excluding hydrogens is 354 g/mol. The molecule has 0 fully saturated rings. The van der Waals surface area contributed by atoms with Gasteiger partial charge in [0.05, 0.1) is 19.3 Å². The van der Waals surface area contributed by atoms with E-state index < -0.39 is 17.8 Å². The molecule has 1 aromatic heterocycles. The topological polar surface area (TPSA) is 81.7 Å². The molecule has 1 unspecified atom stereocenters. The molecule has 26 heavy (non-hydrogen) atoms. The van der Waals surface area contributed by atoms with Crippen LogP contribution in [0.1, 0.15) is 61.3 Å². The van der Waals surface area contributed by atoms with E-state index in [0.717, 1.165) is 43.2 Å². The molecule has 144 valence electrons. The SMILES string of the molecule is CCOC(=O)c1c(NC(=O)C(=O)OC)sc2c1CCC(C(C)(C)CC)C2. The summed E-state index contributed by atoms with van der Waals surface area (Å²) in [7, 11) is 1.14. The molecule has 6 nitrogen and oxygen atoms in total. The first-order valence-corrected chi connectivity index (χ1v) is 9.77. The average molecular weight is 381 g/mol. The number of ether oxygens (including phenoxy) is 2. The smallest absolute Gasteiger partial charge is 0.396 e. The number of anilines is 1. The Kier molecular flexibility index (Phi) is 6.44. The summed E-state index contributed by atoms with van der Waals surface area (Å²) in [5, 5.41) is 2.90. The Morgan fingerprint density at radius 2 is 1.96 bits per heavy atom. The Morgan fingerprint density at radius 1 is 1.27 bits per heavy atom. The van der Waals surface area contributed by atoms with Crippen LogP contribution in [0, 0.1) is 11.3 Å². The highest BCUT2D eigenvalue weighted by molar-refractivity contribution is 7.17. The fourth-order valence-corrected chi connectivity index (χ4v) is 4.61. The highest BCUT2D eigenvalue weighted by Crippen LogP contribution is 2.45. The number of rotatable bonds is 5. The van der Waals surface area contributed by atoms with Crippen molar-refractivity contribution in [3.05, 3.63) is 16.0 Å². The van der Waals surface area contributed by atoms with Gasteiger partial charge in [0.15, 0.2) is 0 Å². The zero-order valence-electron chi connectivity index (χ0n) is 16.1. The lowest BCUT2D eigenvalue weighted by molar-refractivity contribution is -0.150. The fraction of sp³-hybridized carbons (Fsp3) is 0.632. The third-order valence-electron chi connectivity index (χ3n) is 5.36. The highest BCUT2D eigenvalue weighted by atomic mass is 32.1. The molecule has 2 rings (SSSR count). The number of fused-ring (bicyclic) bond motifs is 1. The third kappa shape index (κ3) is 4.09. The van der Waals surface area contributed by atoms with Crippen molar-refractivity contribution < 1.29 is 23.9 Å². The van der Waals surface area contributed by atoms with Crippen molar-refractivity contribution >= 4 is 34.2 Å². The predicted octanol–water partition coefficient (Wildman–Crippen LogP) is 3.58. The molecule has 0 saturated heterocycles. The Morgan fingerprint density at radius 3 is 2.54 bits per heavy atom. The second-order valence-electron chi connectivity index (χ2n) is 7.16. The molecule has 0 bridgehead atoms. The van der Waals surface area contributed by atoms with E-state index in [-0.39, 0.29) is 12.0 Å². The summed E-state index contributed by atoms with van der Waals surface area (Å²) in [6, 6.07) is 0. The van der Waals surface area contributed by atoms with Crippen LogP contribution in [0.15, 0.2) is 0 Å². The van der Waals surface area contributed by atoms with Gasteiger partial charge in [0.25, 0.3) is 0 Å². The number of carbonyl (C=O) groups excluding carboxylic acids is 3. The lowest BCUT2D eigenvalue weighted by Gasteiger charge is -2.36. The fourth-order valence-electron chi connectivity index (χ4n) is 3.30. The van der Waals surface area contributed by atoms with Gasteiger partial charge in [0.2, 0.25) is 0 Å². The first-order valence-electron chi connectivity index (χ1n) is 8.96. The van der Waals surface area contributed by atoms with Crippen LogP contribution >= 0.6 is 11.3 Å². The average Bonchev–Trinajstić information content (AvgIpc) is 2.97. The minimum absolute atomic E-state index is 0.210. The molecule has 7 heteroatoms. The van der Waals surface area contributed by atoms with Gasteiger partial charge in [-0.3, -0.25) is 4.79 Å². The molecule has 1 aromatic rings. The van der Waals surface area contributed by atoms with Gasteiger partial charge in [-0.25, -0.2) is 9.59 Å². The number of amides is 1. The maximum absolute atomic E-state index is 12.5. The number of nitrogens with one attached hydrogen (secondary N) is 1. The number of methoxy groups -OCH3 is 1. The molecule has 1 aliphatic rings.